The van der Waals surface area contributed by atoms with Gasteiger partial charge in [-0.3, -0.25) is 0 Å². The first-order valence-electron chi connectivity index (χ1n) is 4.66. The molecule has 1 saturated carbocycles. The van der Waals surface area contributed by atoms with Crippen molar-refractivity contribution in [2.75, 3.05) is 13.2 Å². The standard InChI is InChI=1S/C9H19NO/c1-2-11-7-8-4-3-5-9(10)6-8/h8-9H,2-7,10H2,1H3. The summed E-state index contributed by atoms with van der Waals surface area (Å²) in [5.74, 6) is 0.735. The Morgan fingerprint density at radius 2 is 2.27 bits per heavy atom. The van der Waals surface area contributed by atoms with Crippen LogP contribution in [0.5, 0.6) is 0 Å². The SMILES string of the molecule is CCOCC1CCCC(N)C1. The quantitative estimate of drug-likeness (QED) is 0.674. The minimum atomic E-state index is 0.439. The predicted molar refractivity (Wildman–Crippen MR) is 46.4 cm³/mol. The van der Waals surface area contributed by atoms with E-state index in [1.165, 1.54) is 25.7 Å². The van der Waals surface area contributed by atoms with Gasteiger partial charge in [0.05, 0.1) is 0 Å². The Kier molecular flexibility index (Phi) is 3.87. The second kappa shape index (κ2) is 4.73. The zero-order chi connectivity index (χ0) is 8.10. The van der Waals surface area contributed by atoms with E-state index in [0.717, 1.165) is 19.1 Å². The number of nitrogens with two attached hydrogens (primary N) is 1. The number of rotatable bonds is 3. The minimum Gasteiger partial charge on any atom is -0.381 e. The molecular weight excluding hydrogens is 138 g/mol. The van der Waals surface area contributed by atoms with Crippen LogP contribution in [0, 0.1) is 5.92 Å². The third kappa shape index (κ3) is 3.21. The molecule has 0 aromatic heterocycles. The summed E-state index contributed by atoms with van der Waals surface area (Å²) in [4.78, 5) is 0. The molecule has 1 aliphatic carbocycles. The molecule has 0 radical (unpaired) electrons. The van der Waals surface area contributed by atoms with Crippen LogP contribution >= 0.6 is 0 Å². The van der Waals surface area contributed by atoms with Crippen molar-refractivity contribution < 1.29 is 4.74 Å². The molecule has 2 atom stereocenters. The third-order valence-corrected chi connectivity index (χ3v) is 2.38. The van der Waals surface area contributed by atoms with Gasteiger partial charge in [-0.2, -0.15) is 0 Å². The Morgan fingerprint density at radius 3 is 2.91 bits per heavy atom. The third-order valence-electron chi connectivity index (χ3n) is 2.38. The summed E-state index contributed by atoms with van der Waals surface area (Å²) in [6.45, 7) is 3.80. The van der Waals surface area contributed by atoms with Gasteiger partial charge in [0.2, 0.25) is 0 Å². The van der Waals surface area contributed by atoms with Crippen LogP contribution in [0.3, 0.4) is 0 Å². The summed E-state index contributed by atoms with van der Waals surface area (Å²) in [6, 6.07) is 0.439. The molecule has 1 aliphatic rings. The molecule has 1 rings (SSSR count). The number of hydrogen-bond acceptors (Lipinski definition) is 2. The Morgan fingerprint density at radius 1 is 1.45 bits per heavy atom. The Labute approximate surface area is 69.1 Å². The van der Waals surface area contributed by atoms with E-state index in [1.54, 1.807) is 0 Å². The molecule has 0 amide bonds. The van der Waals surface area contributed by atoms with E-state index >= 15 is 0 Å². The molecular formula is C9H19NO. The van der Waals surface area contributed by atoms with Crippen molar-refractivity contribution in [3.8, 4) is 0 Å². The van der Waals surface area contributed by atoms with Gasteiger partial charge in [0.15, 0.2) is 0 Å². The second-order valence-corrected chi connectivity index (χ2v) is 3.45. The molecule has 0 aliphatic heterocycles. The van der Waals surface area contributed by atoms with Gasteiger partial charge in [0, 0.05) is 19.3 Å². The van der Waals surface area contributed by atoms with E-state index in [4.69, 9.17) is 10.5 Å². The fourth-order valence-electron chi connectivity index (χ4n) is 1.77. The van der Waals surface area contributed by atoms with Gasteiger partial charge in [0.1, 0.15) is 0 Å². The van der Waals surface area contributed by atoms with E-state index in [-0.39, 0.29) is 0 Å². The van der Waals surface area contributed by atoms with E-state index < -0.39 is 0 Å². The van der Waals surface area contributed by atoms with Crippen LogP contribution in [-0.2, 0) is 4.74 Å². The van der Waals surface area contributed by atoms with Crippen LogP contribution in [0.15, 0.2) is 0 Å². The molecule has 0 saturated heterocycles. The Bertz CT molecular complexity index is 106. The van der Waals surface area contributed by atoms with Gasteiger partial charge in [0.25, 0.3) is 0 Å². The van der Waals surface area contributed by atoms with Crippen LogP contribution < -0.4 is 5.73 Å². The first-order valence-corrected chi connectivity index (χ1v) is 4.66. The molecule has 2 heteroatoms. The average molecular weight is 157 g/mol. The van der Waals surface area contributed by atoms with Crippen LogP contribution in [-0.4, -0.2) is 19.3 Å². The Hall–Kier alpha value is -0.0800. The highest BCUT2D eigenvalue weighted by Gasteiger charge is 2.18. The maximum atomic E-state index is 5.84. The van der Waals surface area contributed by atoms with Gasteiger partial charge < -0.3 is 10.5 Å². The first kappa shape index (κ1) is 9.01. The molecule has 11 heavy (non-hydrogen) atoms. The lowest BCUT2D eigenvalue weighted by molar-refractivity contribution is 0.0912. The second-order valence-electron chi connectivity index (χ2n) is 3.45. The molecule has 2 nitrogen and oxygen atoms in total. The molecule has 1 fully saturated rings. The Balaban J connectivity index is 2.12. The molecule has 0 aromatic carbocycles. The molecule has 0 spiro atoms. The molecule has 0 bridgehead atoms. The highest BCUT2D eigenvalue weighted by molar-refractivity contribution is 4.74. The summed E-state index contributed by atoms with van der Waals surface area (Å²) in [5.41, 5.74) is 5.84. The van der Waals surface area contributed by atoms with Gasteiger partial charge in [-0.15, -0.1) is 0 Å². The highest BCUT2D eigenvalue weighted by atomic mass is 16.5. The summed E-state index contributed by atoms with van der Waals surface area (Å²) in [6.07, 6.45) is 4.98. The fourth-order valence-corrected chi connectivity index (χ4v) is 1.77. The van der Waals surface area contributed by atoms with E-state index in [0.29, 0.717) is 6.04 Å². The zero-order valence-electron chi connectivity index (χ0n) is 7.38. The monoisotopic (exact) mass is 157 g/mol. The smallest absolute Gasteiger partial charge is 0.0494 e. The van der Waals surface area contributed by atoms with Crippen LogP contribution in [0.25, 0.3) is 0 Å². The topological polar surface area (TPSA) is 35.2 Å². The number of ether oxygens (including phenoxy) is 1. The van der Waals surface area contributed by atoms with Gasteiger partial charge in [-0.25, -0.2) is 0 Å². The normalized spacial score (nSPS) is 32.2. The molecule has 0 aromatic rings. The lowest BCUT2D eigenvalue weighted by Crippen LogP contribution is -2.29. The van der Waals surface area contributed by atoms with Crippen molar-refractivity contribution in [1.29, 1.82) is 0 Å². The zero-order valence-corrected chi connectivity index (χ0v) is 7.38. The van der Waals surface area contributed by atoms with Crippen molar-refractivity contribution in [2.45, 2.75) is 38.6 Å². The summed E-state index contributed by atoms with van der Waals surface area (Å²) < 4.78 is 5.37. The van der Waals surface area contributed by atoms with Crippen molar-refractivity contribution in [3.63, 3.8) is 0 Å². The molecule has 2 N–H and O–H groups in total. The molecule has 2 unspecified atom stereocenters. The average Bonchev–Trinajstić information content (AvgIpc) is 2.01. The predicted octanol–water partition coefficient (Wildman–Crippen LogP) is 1.54. The van der Waals surface area contributed by atoms with E-state index in [1.807, 2.05) is 6.92 Å². The van der Waals surface area contributed by atoms with Gasteiger partial charge >= 0.3 is 0 Å². The van der Waals surface area contributed by atoms with Crippen molar-refractivity contribution in [1.82, 2.24) is 0 Å². The maximum Gasteiger partial charge on any atom is 0.0494 e. The van der Waals surface area contributed by atoms with Crippen molar-refractivity contribution in [3.05, 3.63) is 0 Å². The summed E-state index contributed by atoms with van der Waals surface area (Å²) in [5, 5.41) is 0. The molecule has 0 heterocycles. The van der Waals surface area contributed by atoms with Crippen LogP contribution in [0.2, 0.25) is 0 Å². The lowest BCUT2D eigenvalue weighted by Gasteiger charge is -2.26. The summed E-state index contributed by atoms with van der Waals surface area (Å²) >= 11 is 0. The van der Waals surface area contributed by atoms with Crippen molar-refractivity contribution in [2.24, 2.45) is 11.7 Å². The maximum absolute atomic E-state index is 5.84. The van der Waals surface area contributed by atoms with Crippen LogP contribution in [0.1, 0.15) is 32.6 Å². The largest absolute Gasteiger partial charge is 0.381 e. The fraction of sp³-hybridized carbons (Fsp3) is 1.00. The van der Waals surface area contributed by atoms with Crippen LogP contribution in [0.4, 0.5) is 0 Å². The minimum absolute atomic E-state index is 0.439. The first-order chi connectivity index (χ1) is 5.33. The summed E-state index contributed by atoms with van der Waals surface area (Å²) in [7, 11) is 0. The number of hydrogen-bond donors (Lipinski definition) is 1. The molecule has 66 valence electrons. The van der Waals surface area contributed by atoms with E-state index in [2.05, 4.69) is 0 Å². The van der Waals surface area contributed by atoms with Gasteiger partial charge in [-0.05, 0) is 32.1 Å². The lowest BCUT2D eigenvalue weighted by atomic mass is 9.87. The highest BCUT2D eigenvalue weighted by Crippen LogP contribution is 2.22. The van der Waals surface area contributed by atoms with E-state index in [9.17, 15) is 0 Å². The van der Waals surface area contributed by atoms with Gasteiger partial charge in [-0.1, -0.05) is 6.42 Å². The van der Waals surface area contributed by atoms with Crippen molar-refractivity contribution >= 4 is 0 Å².